The third-order valence-corrected chi connectivity index (χ3v) is 1.21. The third kappa shape index (κ3) is 6.81. The molecule has 0 saturated heterocycles. The Kier molecular flexibility index (Phi) is 5.72. The van der Waals surface area contributed by atoms with Gasteiger partial charge in [-0.3, -0.25) is 0 Å². The maximum Gasteiger partial charge on any atom is 0.384 e. The zero-order valence-corrected chi connectivity index (χ0v) is 7.35. The lowest BCUT2D eigenvalue weighted by molar-refractivity contribution is -0.133. The predicted octanol–water partition coefficient (Wildman–Crippen LogP) is 0.922. The van der Waals surface area contributed by atoms with Gasteiger partial charge in [-0.25, -0.2) is 4.79 Å². The van der Waals surface area contributed by atoms with E-state index in [-0.39, 0.29) is 5.78 Å². The molecular weight excluding hydrogens is 156 g/mol. The molecule has 0 aliphatic rings. The number of unbranched alkanes of at least 4 members (excludes halogenated alkanes) is 1. The van der Waals surface area contributed by atoms with E-state index in [1.54, 1.807) is 0 Å². The van der Waals surface area contributed by atoms with Crippen molar-refractivity contribution in [3.63, 3.8) is 0 Å². The summed E-state index contributed by atoms with van der Waals surface area (Å²) in [6.45, 7) is 1.54. The summed E-state index contributed by atoms with van der Waals surface area (Å²) in [4.78, 5) is 20.9. The highest BCUT2D eigenvalue weighted by molar-refractivity contribution is 5.88. The Labute approximate surface area is 72.1 Å². The fourth-order valence-electron chi connectivity index (χ4n) is 0.611. The highest BCUT2D eigenvalue weighted by Gasteiger charge is 1.91. The fraction of sp³-hybridized carbons (Fsp3) is 0.556. The van der Waals surface area contributed by atoms with Crippen LogP contribution in [0.4, 0.5) is 0 Å². The van der Waals surface area contributed by atoms with Gasteiger partial charge in [-0.2, -0.15) is 0 Å². The number of rotatable bonds is 3. The summed E-state index contributed by atoms with van der Waals surface area (Å²) in [6, 6.07) is 0. The number of esters is 1. The molecule has 0 fully saturated rings. The summed E-state index contributed by atoms with van der Waals surface area (Å²) in [5.41, 5.74) is 0. The average Bonchev–Trinajstić information content (AvgIpc) is 2.03. The molecule has 0 rings (SSSR count). The van der Waals surface area contributed by atoms with E-state index in [9.17, 15) is 9.59 Å². The minimum Gasteiger partial charge on any atom is -0.459 e. The number of carbonyl (C=O) groups is 2. The van der Waals surface area contributed by atoms with E-state index < -0.39 is 5.97 Å². The standard InChI is InChI=1S/C9H12O3/c1-8(10)6-4-3-5-7-9(11)12-2/h3-4,6H2,1-2H3. The van der Waals surface area contributed by atoms with Crippen molar-refractivity contribution in [2.75, 3.05) is 7.11 Å². The number of ether oxygens (including phenoxy) is 1. The Morgan fingerprint density at radius 2 is 2.08 bits per heavy atom. The second-order valence-electron chi connectivity index (χ2n) is 2.35. The molecule has 0 aromatic carbocycles. The molecule has 0 saturated carbocycles. The second kappa shape index (κ2) is 6.41. The van der Waals surface area contributed by atoms with Crippen LogP contribution in [-0.2, 0) is 14.3 Å². The largest absolute Gasteiger partial charge is 0.459 e. The van der Waals surface area contributed by atoms with Gasteiger partial charge in [0, 0.05) is 18.8 Å². The Hall–Kier alpha value is -1.30. The molecule has 12 heavy (non-hydrogen) atoms. The van der Waals surface area contributed by atoms with Crippen molar-refractivity contribution in [1.82, 2.24) is 0 Å². The van der Waals surface area contributed by atoms with E-state index in [1.165, 1.54) is 14.0 Å². The van der Waals surface area contributed by atoms with E-state index >= 15 is 0 Å². The van der Waals surface area contributed by atoms with E-state index in [1.807, 2.05) is 0 Å². The molecule has 66 valence electrons. The molecule has 0 amide bonds. The quantitative estimate of drug-likeness (QED) is 0.272. The summed E-state index contributed by atoms with van der Waals surface area (Å²) in [6.07, 6.45) is 1.80. The molecule has 0 aliphatic carbocycles. The molecule has 3 heteroatoms. The Balaban J connectivity index is 3.46. The SMILES string of the molecule is COC(=O)C#CCCCC(C)=O. The molecule has 0 aliphatic heterocycles. The topological polar surface area (TPSA) is 43.4 Å². The van der Waals surface area contributed by atoms with Gasteiger partial charge in [0.1, 0.15) is 5.78 Å². The molecule has 3 nitrogen and oxygen atoms in total. The fourth-order valence-corrected chi connectivity index (χ4v) is 0.611. The van der Waals surface area contributed by atoms with Crippen molar-refractivity contribution < 1.29 is 14.3 Å². The smallest absolute Gasteiger partial charge is 0.384 e. The minimum absolute atomic E-state index is 0.148. The lowest BCUT2D eigenvalue weighted by atomic mass is 10.2. The number of ketones is 1. The normalized spacial score (nSPS) is 8.17. The van der Waals surface area contributed by atoms with E-state index in [0.717, 1.165) is 0 Å². The van der Waals surface area contributed by atoms with E-state index in [0.29, 0.717) is 19.3 Å². The molecular formula is C9H12O3. The predicted molar refractivity (Wildman–Crippen MR) is 44.3 cm³/mol. The molecule has 0 unspecified atom stereocenters. The van der Waals surface area contributed by atoms with Crippen LogP contribution in [0.15, 0.2) is 0 Å². The van der Waals surface area contributed by atoms with Crippen LogP contribution in [0.25, 0.3) is 0 Å². The summed E-state index contributed by atoms with van der Waals surface area (Å²) < 4.78 is 4.30. The Morgan fingerprint density at radius 1 is 1.42 bits per heavy atom. The van der Waals surface area contributed by atoms with Crippen LogP contribution in [0.1, 0.15) is 26.2 Å². The molecule has 0 aromatic rings. The number of methoxy groups -OCH3 is 1. The van der Waals surface area contributed by atoms with Crippen LogP contribution in [0.3, 0.4) is 0 Å². The maximum absolute atomic E-state index is 10.5. The number of Topliss-reactive ketones (excluding diaryl/α,β-unsaturated/α-hetero) is 1. The van der Waals surface area contributed by atoms with Crippen LogP contribution < -0.4 is 0 Å². The summed E-state index contributed by atoms with van der Waals surface area (Å²) >= 11 is 0. The lowest BCUT2D eigenvalue weighted by Crippen LogP contribution is -1.94. The molecule has 0 N–H and O–H groups in total. The van der Waals surface area contributed by atoms with Crippen molar-refractivity contribution in [2.24, 2.45) is 0 Å². The van der Waals surface area contributed by atoms with Gasteiger partial charge in [-0.15, -0.1) is 0 Å². The van der Waals surface area contributed by atoms with Gasteiger partial charge in [-0.1, -0.05) is 5.92 Å². The van der Waals surface area contributed by atoms with Gasteiger partial charge in [0.05, 0.1) is 7.11 Å². The molecule has 0 radical (unpaired) electrons. The summed E-state index contributed by atoms with van der Waals surface area (Å²) in [7, 11) is 1.28. The summed E-state index contributed by atoms with van der Waals surface area (Å²) in [5.74, 6) is 4.52. The molecule has 0 aromatic heterocycles. The van der Waals surface area contributed by atoms with E-state index in [2.05, 4.69) is 16.6 Å². The lowest BCUT2D eigenvalue weighted by Gasteiger charge is -1.88. The maximum atomic E-state index is 10.5. The van der Waals surface area contributed by atoms with Crippen LogP contribution in [-0.4, -0.2) is 18.9 Å². The van der Waals surface area contributed by atoms with Gasteiger partial charge >= 0.3 is 5.97 Å². The van der Waals surface area contributed by atoms with Crippen LogP contribution in [0.5, 0.6) is 0 Å². The molecule has 0 heterocycles. The Bertz CT molecular complexity index is 220. The van der Waals surface area contributed by atoms with Crippen molar-refractivity contribution in [2.45, 2.75) is 26.2 Å². The van der Waals surface area contributed by atoms with Crippen LogP contribution in [0.2, 0.25) is 0 Å². The van der Waals surface area contributed by atoms with Crippen molar-refractivity contribution in [1.29, 1.82) is 0 Å². The number of hydrogen-bond donors (Lipinski definition) is 0. The van der Waals surface area contributed by atoms with Crippen LogP contribution >= 0.6 is 0 Å². The zero-order valence-electron chi connectivity index (χ0n) is 7.35. The summed E-state index contributed by atoms with van der Waals surface area (Å²) in [5, 5.41) is 0. The zero-order chi connectivity index (χ0) is 9.40. The highest BCUT2D eigenvalue weighted by atomic mass is 16.5. The van der Waals surface area contributed by atoms with Gasteiger partial charge in [0.15, 0.2) is 0 Å². The first-order valence-electron chi connectivity index (χ1n) is 3.73. The number of carbonyl (C=O) groups excluding carboxylic acids is 2. The molecule has 0 bridgehead atoms. The number of hydrogen-bond acceptors (Lipinski definition) is 3. The van der Waals surface area contributed by atoms with Crippen molar-refractivity contribution in [3.8, 4) is 11.8 Å². The third-order valence-electron chi connectivity index (χ3n) is 1.21. The van der Waals surface area contributed by atoms with Crippen molar-refractivity contribution in [3.05, 3.63) is 0 Å². The first-order chi connectivity index (χ1) is 5.66. The average molecular weight is 168 g/mol. The minimum atomic E-state index is -0.530. The van der Waals surface area contributed by atoms with Crippen LogP contribution in [0, 0.1) is 11.8 Å². The first kappa shape index (κ1) is 10.7. The van der Waals surface area contributed by atoms with Gasteiger partial charge in [0.25, 0.3) is 0 Å². The monoisotopic (exact) mass is 168 g/mol. The van der Waals surface area contributed by atoms with Gasteiger partial charge < -0.3 is 9.53 Å². The van der Waals surface area contributed by atoms with Crippen molar-refractivity contribution >= 4 is 11.8 Å². The molecule has 0 spiro atoms. The van der Waals surface area contributed by atoms with Gasteiger partial charge in [0.2, 0.25) is 0 Å². The molecule has 0 atom stereocenters. The first-order valence-corrected chi connectivity index (χ1v) is 3.73. The second-order valence-corrected chi connectivity index (χ2v) is 2.35. The van der Waals surface area contributed by atoms with E-state index in [4.69, 9.17) is 0 Å². The highest BCUT2D eigenvalue weighted by Crippen LogP contribution is 1.93. The van der Waals surface area contributed by atoms with Gasteiger partial charge in [-0.05, 0) is 13.3 Å². The Morgan fingerprint density at radius 3 is 2.58 bits per heavy atom.